The van der Waals surface area contributed by atoms with Gasteiger partial charge in [-0.3, -0.25) is 0 Å². The molecular formula is C25H23ClN2. The summed E-state index contributed by atoms with van der Waals surface area (Å²) in [7, 11) is 0. The molecule has 4 rings (SSSR count). The molecule has 0 saturated carbocycles. The van der Waals surface area contributed by atoms with Gasteiger partial charge < -0.3 is 4.57 Å². The predicted octanol–water partition coefficient (Wildman–Crippen LogP) is 6.02. The second kappa shape index (κ2) is 8.04. The standard InChI is InChI=1S/C25H23ClN2/c1-2-24-23(18-26)27-19-28(24)25(20-12-6-3-7-13-20,21-14-8-4-9-15-21)22-16-10-5-11-17-22/h3-17,19H,2,18H2,1H3. The second-order valence-corrected chi connectivity index (χ2v) is 7.07. The summed E-state index contributed by atoms with van der Waals surface area (Å²) in [6, 6.07) is 31.9. The van der Waals surface area contributed by atoms with E-state index in [1.807, 2.05) is 6.33 Å². The Balaban J connectivity index is 2.16. The normalized spacial score (nSPS) is 11.5. The van der Waals surface area contributed by atoms with Gasteiger partial charge in [-0.25, -0.2) is 4.98 Å². The van der Waals surface area contributed by atoms with E-state index >= 15 is 0 Å². The van der Waals surface area contributed by atoms with Gasteiger partial charge in [0.15, 0.2) is 0 Å². The Morgan fingerprint density at radius 3 is 1.54 bits per heavy atom. The van der Waals surface area contributed by atoms with E-state index in [0.717, 1.165) is 17.8 Å². The van der Waals surface area contributed by atoms with Crippen LogP contribution in [0.5, 0.6) is 0 Å². The Bertz CT molecular complexity index is 927. The molecule has 0 fully saturated rings. The van der Waals surface area contributed by atoms with Crippen LogP contribution in [-0.2, 0) is 17.8 Å². The van der Waals surface area contributed by atoms with E-state index in [2.05, 4.69) is 107 Å². The minimum absolute atomic E-state index is 0.407. The molecule has 4 aromatic rings. The summed E-state index contributed by atoms with van der Waals surface area (Å²) in [6.07, 6.45) is 2.81. The molecule has 1 heterocycles. The van der Waals surface area contributed by atoms with Gasteiger partial charge in [-0.05, 0) is 23.1 Å². The average molecular weight is 387 g/mol. The maximum absolute atomic E-state index is 6.24. The van der Waals surface area contributed by atoms with E-state index < -0.39 is 5.54 Å². The highest BCUT2D eigenvalue weighted by Gasteiger charge is 2.39. The Kier molecular flexibility index (Phi) is 5.31. The third-order valence-electron chi connectivity index (χ3n) is 5.35. The largest absolute Gasteiger partial charge is 0.316 e. The highest BCUT2D eigenvalue weighted by Crippen LogP contribution is 2.42. The first-order valence-corrected chi connectivity index (χ1v) is 10.1. The van der Waals surface area contributed by atoms with Gasteiger partial charge in [-0.15, -0.1) is 11.6 Å². The highest BCUT2D eigenvalue weighted by molar-refractivity contribution is 6.17. The number of rotatable bonds is 6. The van der Waals surface area contributed by atoms with Crippen molar-refractivity contribution < 1.29 is 0 Å². The Morgan fingerprint density at radius 1 is 0.750 bits per heavy atom. The highest BCUT2D eigenvalue weighted by atomic mass is 35.5. The van der Waals surface area contributed by atoms with Gasteiger partial charge in [0.1, 0.15) is 5.54 Å². The van der Waals surface area contributed by atoms with E-state index in [0.29, 0.717) is 5.88 Å². The van der Waals surface area contributed by atoms with Gasteiger partial charge >= 0.3 is 0 Å². The van der Waals surface area contributed by atoms with E-state index in [1.54, 1.807) is 0 Å². The molecule has 0 spiro atoms. The first-order chi connectivity index (χ1) is 13.8. The molecule has 140 valence electrons. The quantitative estimate of drug-likeness (QED) is 0.292. The number of alkyl halides is 1. The molecule has 0 atom stereocenters. The summed E-state index contributed by atoms with van der Waals surface area (Å²) in [5.74, 6) is 0.407. The van der Waals surface area contributed by atoms with Crippen LogP contribution in [0.2, 0.25) is 0 Å². The van der Waals surface area contributed by atoms with Crippen molar-refractivity contribution in [3.8, 4) is 0 Å². The SMILES string of the molecule is CCc1c(CCl)ncn1C(c1ccccc1)(c1ccccc1)c1ccccc1. The molecule has 2 nitrogen and oxygen atoms in total. The van der Waals surface area contributed by atoms with Crippen LogP contribution in [0.3, 0.4) is 0 Å². The van der Waals surface area contributed by atoms with Gasteiger partial charge in [0, 0.05) is 5.69 Å². The fraction of sp³-hybridized carbons (Fsp3) is 0.160. The van der Waals surface area contributed by atoms with Crippen molar-refractivity contribution in [2.75, 3.05) is 0 Å². The maximum atomic E-state index is 6.24. The zero-order valence-corrected chi connectivity index (χ0v) is 16.7. The van der Waals surface area contributed by atoms with Crippen LogP contribution < -0.4 is 0 Å². The van der Waals surface area contributed by atoms with Crippen molar-refractivity contribution in [1.82, 2.24) is 9.55 Å². The van der Waals surface area contributed by atoms with E-state index in [1.165, 1.54) is 16.7 Å². The molecule has 0 amide bonds. The van der Waals surface area contributed by atoms with Crippen molar-refractivity contribution in [3.05, 3.63) is 125 Å². The average Bonchev–Trinajstić information content (AvgIpc) is 3.20. The van der Waals surface area contributed by atoms with Gasteiger partial charge in [0.05, 0.1) is 17.9 Å². The molecule has 0 N–H and O–H groups in total. The number of hydrogen-bond donors (Lipinski definition) is 0. The summed E-state index contributed by atoms with van der Waals surface area (Å²) in [5.41, 5.74) is 5.16. The Morgan fingerprint density at radius 2 is 1.18 bits per heavy atom. The lowest BCUT2D eigenvalue weighted by atomic mass is 9.76. The fourth-order valence-electron chi connectivity index (χ4n) is 4.14. The Labute approximate surface area is 171 Å². The smallest absolute Gasteiger partial charge is 0.121 e. The zero-order valence-electron chi connectivity index (χ0n) is 15.9. The molecule has 0 radical (unpaired) electrons. The lowest BCUT2D eigenvalue weighted by Gasteiger charge is -2.38. The monoisotopic (exact) mass is 386 g/mol. The number of benzene rings is 3. The Hall–Kier alpha value is -2.84. The summed E-state index contributed by atoms with van der Waals surface area (Å²) in [6.45, 7) is 2.16. The van der Waals surface area contributed by atoms with Crippen LogP contribution in [0.25, 0.3) is 0 Å². The number of imidazole rings is 1. The van der Waals surface area contributed by atoms with Crippen LogP contribution in [0.1, 0.15) is 35.0 Å². The van der Waals surface area contributed by atoms with Crippen molar-refractivity contribution >= 4 is 11.6 Å². The van der Waals surface area contributed by atoms with Crippen molar-refractivity contribution in [1.29, 1.82) is 0 Å². The molecule has 0 bridgehead atoms. The molecular weight excluding hydrogens is 364 g/mol. The van der Waals surface area contributed by atoms with E-state index in [4.69, 9.17) is 11.6 Å². The number of hydrogen-bond acceptors (Lipinski definition) is 1. The van der Waals surface area contributed by atoms with Crippen LogP contribution in [0.15, 0.2) is 97.3 Å². The van der Waals surface area contributed by atoms with Crippen LogP contribution in [-0.4, -0.2) is 9.55 Å². The fourth-order valence-corrected chi connectivity index (χ4v) is 4.36. The number of halogens is 1. The van der Waals surface area contributed by atoms with Gasteiger partial charge in [-0.1, -0.05) is 97.9 Å². The minimum Gasteiger partial charge on any atom is -0.316 e. The van der Waals surface area contributed by atoms with Crippen molar-refractivity contribution in [2.24, 2.45) is 0 Å². The second-order valence-electron chi connectivity index (χ2n) is 6.80. The summed E-state index contributed by atoms with van der Waals surface area (Å²) in [4.78, 5) is 4.68. The van der Waals surface area contributed by atoms with Gasteiger partial charge in [-0.2, -0.15) is 0 Å². The summed E-state index contributed by atoms with van der Waals surface area (Å²) >= 11 is 6.24. The molecule has 0 aliphatic carbocycles. The number of aromatic nitrogens is 2. The lowest BCUT2D eigenvalue weighted by molar-refractivity contribution is 0.497. The van der Waals surface area contributed by atoms with Gasteiger partial charge in [0.25, 0.3) is 0 Å². The third-order valence-corrected chi connectivity index (χ3v) is 5.60. The summed E-state index contributed by atoms with van der Waals surface area (Å²) in [5, 5.41) is 0. The molecule has 3 aromatic carbocycles. The summed E-state index contributed by atoms with van der Waals surface area (Å²) < 4.78 is 2.31. The topological polar surface area (TPSA) is 17.8 Å². The van der Waals surface area contributed by atoms with Crippen molar-refractivity contribution in [3.63, 3.8) is 0 Å². The molecule has 0 aliphatic heterocycles. The molecule has 0 aliphatic rings. The first-order valence-electron chi connectivity index (χ1n) is 9.60. The minimum atomic E-state index is -0.521. The lowest BCUT2D eigenvalue weighted by Crippen LogP contribution is -2.38. The first kappa shape index (κ1) is 18.5. The third kappa shape index (κ3) is 2.94. The number of nitrogens with zero attached hydrogens (tertiary/aromatic N) is 2. The molecule has 28 heavy (non-hydrogen) atoms. The van der Waals surface area contributed by atoms with Crippen LogP contribution >= 0.6 is 11.6 Å². The zero-order chi connectivity index (χ0) is 19.4. The molecule has 3 heteroatoms. The van der Waals surface area contributed by atoms with Gasteiger partial charge in [0.2, 0.25) is 0 Å². The molecule has 0 unspecified atom stereocenters. The predicted molar refractivity (Wildman–Crippen MR) is 116 cm³/mol. The molecule has 1 aromatic heterocycles. The van der Waals surface area contributed by atoms with Crippen LogP contribution in [0, 0.1) is 0 Å². The van der Waals surface area contributed by atoms with E-state index in [-0.39, 0.29) is 0 Å². The van der Waals surface area contributed by atoms with E-state index in [9.17, 15) is 0 Å². The van der Waals surface area contributed by atoms with Crippen molar-refractivity contribution in [2.45, 2.75) is 24.8 Å². The molecule has 0 saturated heterocycles. The maximum Gasteiger partial charge on any atom is 0.121 e. The van der Waals surface area contributed by atoms with Crippen LogP contribution in [0.4, 0.5) is 0 Å².